The third kappa shape index (κ3) is 1.91. The molecule has 0 aliphatic carbocycles. The van der Waals surface area contributed by atoms with Gasteiger partial charge in [0.1, 0.15) is 0 Å². The average Bonchev–Trinajstić information content (AvgIpc) is 2.03. The van der Waals surface area contributed by atoms with Gasteiger partial charge in [-0.1, -0.05) is 0 Å². The number of halogens is 3. The van der Waals surface area contributed by atoms with Crippen molar-refractivity contribution in [2.45, 2.75) is 19.2 Å². The van der Waals surface area contributed by atoms with E-state index >= 15 is 0 Å². The maximum atomic E-state index is 12.2. The topological polar surface area (TPSA) is 12.9 Å². The van der Waals surface area contributed by atoms with Crippen LogP contribution in [0.2, 0.25) is 0 Å². The first-order valence-electron chi connectivity index (χ1n) is 3.44. The summed E-state index contributed by atoms with van der Waals surface area (Å²) < 4.78 is 24.4. The van der Waals surface area contributed by atoms with E-state index in [0.29, 0.717) is 11.3 Å². The molecular formula is C8H8ClF2N. The lowest BCUT2D eigenvalue weighted by molar-refractivity contribution is 0.150. The lowest BCUT2D eigenvalue weighted by Gasteiger charge is -2.04. The van der Waals surface area contributed by atoms with Crippen LogP contribution < -0.4 is 0 Å². The number of hydrogen-bond donors (Lipinski definition) is 0. The van der Waals surface area contributed by atoms with Gasteiger partial charge in [0.15, 0.2) is 0 Å². The van der Waals surface area contributed by atoms with Crippen LogP contribution in [0.25, 0.3) is 0 Å². The monoisotopic (exact) mass is 191 g/mol. The normalized spacial score (nSPS) is 10.8. The lowest BCUT2D eigenvalue weighted by atomic mass is 10.1. The molecule has 0 saturated carbocycles. The van der Waals surface area contributed by atoms with E-state index in [1.165, 1.54) is 6.20 Å². The molecule has 0 bridgehead atoms. The number of pyridine rings is 1. The molecule has 1 aromatic heterocycles. The third-order valence-corrected chi connectivity index (χ3v) is 1.85. The SMILES string of the molecule is Cc1cc(CCl)ncc1C(F)F. The fourth-order valence-corrected chi connectivity index (χ4v) is 1.07. The van der Waals surface area contributed by atoms with Crippen molar-refractivity contribution in [1.29, 1.82) is 0 Å². The van der Waals surface area contributed by atoms with Crippen molar-refractivity contribution >= 4 is 11.6 Å². The minimum atomic E-state index is -2.46. The molecule has 1 aromatic rings. The highest BCUT2D eigenvalue weighted by atomic mass is 35.5. The summed E-state index contributed by atoms with van der Waals surface area (Å²) in [6.07, 6.45) is -1.28. The summed E-state index contributed by atoms with van der Waals surface area (Å²) >= 11 is 5.48. The zero-order valence-corrected chi connectivity index (χ0v) is 7.28. The molecular weight excluding hydrogens is 184 g/mol. The molecule has 0 aromatic carbocycles. The van der Waals surface area contributed by atoms with Gasteiger partial charge in [-0.25, -0.2) is 8.78 Å². The molecule has 1 heterocycles. The van der Waals surface area contributed by atoms with Gasteiger partial charge in [-0.3, -0.25) is 4.98 Å². The largest absolute Gasteiger partial charge is 0.265 e. The zero-order chi connectivity index (χ0) is 9.14. The Morgan fingerprint density at radius 2 is 2.25 bits per heavy atom. The predicted octanol–water partition coefficient (Wildman–Crippen LogP) is 3.07. The van der Waals surface area contributed by atoms with Gasteiger partial charge in [0, 0.05) is 11.8 Å². The van der Waals surface area contributed by atoms with E-state index in [0.717, 1.165) is 0 Å². The second kappa shape index (κ2) is 3.81. The number of nitrogens with zero attached hydrogens (tertiary/aromatic N) is 1. The Balaban J connectivity index is 3.03. The Kier molecular flexibility index (Phi) is 2.98. The fraction of sp³-hybridized carbons (Fsp3) is 0.375. The van der Waals surface area contributed by atoms with Crippen molar-refractivity contribution < 1.29 is 8.78 Å². The van der Waals surface area contributed by atoms with Gasteiger partial charge in [-0.05, 0) is 18.6 Å². The van der Waals surface area contributed by atoms with Crippen molar-refractivity contribution in [1.82, 2.24) is 4.98 Å². The lowest BCUT2D eigenvalue weighted by Crippen LogP contribution is -1.94. The highest BCUT2D eigenvalue weighted by Crippen LogP contribution is 2.21. The molecule has 1 nitrogen and oxygen atoms in total. The zero-order valence-electron chi connectivity index (χ0n) is 6.52. The van der Waals surface area contributed by atoms with Gasteiger partial charge in [0.05, 0.1) is 11.6 Å². The van der Waals surface area contributed by atoms with Crippen molar-refractivity contribution in [3.05, 3.63) is 29.1 Å². The number of aryl methyl sites for hydroxylation is 1. The second-order valence-electron chi connectivity index (χ2n) is 2.47. The predicted molar refractivity (Wildman–Crippen MR) is 43.5 cm³/mol. The Bertz CT molecular complexity index is 276. The van der Waals surface area contributed by atoms with Gasteiger partial charge in [0.25, 0.3) is 6.43 Å². The van der Waals surface area contributed by atoms with E-state index in [9.17, 15) is 8.78 Å². The molecule has 0 atom stereocenters. The van der Waals surface area contributed by atoms with Gasteiger partial charge < -0.3 is 0 Å². The van der Waals surface area contributed by atoms with Crippen LogP contribution in [-0.2, 0) is 5.88 Å². The van der Waals surface area contributed by atoms with Crippen molar-refractivity contribution in [3.8, 4) is 0 Å². The van der Waals surface area contributed by atoms with E-state index in [2.05, 4.69) is 4.98 Å². The van der Waals surface area contributed by atoms with Crippen LogP contribution in [0.4, 0.5) is 8.78 Å². The Labute approximate surface area is 74.4 Å². The highest BCUT2D eigenvalue weighted by molar-refractivity contribution is 6.16. The molecule has 0 N–H and O–H groups in total. The summed E-state index contributed by atoms with van der Waals surface area (Å²) in [6, 6.07) is 1.58. The van der Waals surface area contributed by atoms with E-state index in [-0.39, 0.29) is 11.4 Å². The van der Waals surface area contributed by atoms with Crippen LogP contribution in [0, 0.1) is 6.92 Å². The van der Waals surface area contributed by atoms with Crippen molar-refractivity contribution in [3.63, 3.8) is 0 Å². The minimum Gasteiger partial charge on any atom is -0.260 e. The number of rotatable bonds is 2. The van der Waals surface area contributed by atoms with Crippen LogP contribution in [0.15, 0.2) is 12.3 Å². The average molecular weight is 192 g/mol. The van der Waals surface area contributed by atoms with E-state index < -0.39 is 6.43 Å². The molecule has 0 radical (unpaired) electrons. The Morgan fingerprint density at radius 3 is 2.67 bits per heavy atom. The fourth-order valence-electron chi connectivity index (χ4n) is 0.926. The van der Waals surface area contributed by atoms with Gasteiger partial charge in [0.2, 0.25) is 0 Å². The summed E-state index contributed by atoms with van der Waals surface area (Å²) in [5, 5.41) is 0. The molecule has 0 spiro atoms. The Morgan fingerprint density at radius 1 is 1.58 bits per heavy atom. The number of alkyl halides is 3. The van der Waals surface area contributed by atoms with Crippen molar-refractivity contribution in [2.75, 3.05) is 0 Å². The first-order valence-corrected chi connectivity index (χ1v) is 3.98. The molecule has 4 heteroatoms. The molecule has 0 fully saturated rings. The summed E-state index contributed by atoms with van der Waals surface area (Å²) in [6.45, 7) is 1.62. The smallest absolute Gasteiger partial charge is 0.260 e. The van der Waals surface area contributed by atoms with Crippen LogP contribution >= 0.6 is 11.6 Å². The van der Waals surface area contributed by atoms with Gasteiger partial charge in [-0.15, -0.1) is 11.6 Å². The summed E-state index contributed by atoms with van der Waals surface area (Å²) in [5.41, 5.74) is 1.14. The molecule has 0 aliphatic rings. The summed E-state index contributed by atoms with van der Waals surface area (Å²) in [4.78, 5) is 3.77. The standard InChI is InChI=1S/C8H8ClF2N/c1-5-2-6(3-9)12-4-7(5)8(10)11/h2,4,8H,3H2,1H3. The van der Waals surface area contributed by atoms with Gasteiger partial charge >= 0.3 is 0 Å². The van der Waals surface area contributed by atoms with Gasteiger partial charge in [-0.2, -0.15) is 0 Å². The molecule has 1 rings (SSSR count). The van der Waals surface area contributed by atoms with Crippen LogP contribution in [0.1, 0.15) is 23.2 Å². The van der Waals surface area contributed by atoms with Crippen molar-refractivity contribution in [2.24, 2.45) is 0 Å². The molecule has 0 unspecified atom stereocenters. The summed E-state index contributed by atoms with van der Waals surface area (Å²) in [5.74, 6) is 0.254. The number of aromatic nitrogens is 1. The molecule has 66 valence electrons. The molecule has 0 aliphatic heterocycles. The van der Waals surface area contributed by atoms with E-state index in [1.807, 2.05) is 0 Å². The molecule has 0 saturated heterocycles. The maximum Gasteiger partial charge on any atom is 0.265 e. The third-order valence-electron chi connectivity index (χ3n) is 1.58. The second-order valence-corrected chi connectivity index (χ2v) is 2.73. The summed E-state index contributed by atoms with van der Waals surface area (Å²) in [7, 11) is 0. The van der Waals surface area contributed by atoms with E-state index in [1.54, 1.807) is 13.0 Å². The quantitative estimate of drug-likeness (QED) is 0.655. The van der Waals surface area contributed by atoms with Crippen LogP contribution in [0.3, 0.4) is 0 Å². The molecule has 0 amide bonds. The highest BCUT2D eigenvalue weighted by Gasteiger charge is 2.10. The first-order chi connectivity index (χ1) is 5.65. The van der Waals surface area contributed by atoms with Crippen LogP contribution in [-0.4, -0.2) is 4.98 Å². The van der Waals surface area contributed by atoms with E-state index in [4.69, 9.17) is 11.6 Å². The molecule has 12 heavy (non-hydrogen) atoms. The first kappa shape index (κ1) is 9.39. The Hall–Kier alpha value is -0.700. The minimum absolute atomic E-state index is 0.0242. The van der Waals surface area contributed by atoms with Crippen LogP contribution in [0.5, 0.6) is 0 Å². The number of hydrogen-bond acceptors (Lipinski definition) is 1. The maximum absolute atomic E-state index is 12.2.